The number of aliphatic hydroxyl groups is 3. The van der Waals surface area contributed by atoms with Crippen LogP contribution in [0.4, 0.5) is 0 Å². The van der Waals surface area contributed by atoms with E-state index in [4.69, 9.17) is 10.2 Å². The van der Waals surface area contributed by atoms with Gasteiger partial charge in [0.05, 0.1) is 12.7 Å². The van der Waals surface area contributed by atoms with E-state index in [2.05, 4.69) is 13.8 Å². The lowest BCUT2D eigenvalue weighted by molar-refractivity contribution is -0.0252. The lowest BCUT2D eigenvalue weighted by Crippen LogP contribution is -2.31. The van der Waals surface area contributed by atoms with E-state index in [1.165, 1.54) is 0 Å². The maximum atomic E-state index is 9.34. The molecule has 3 heteroatoms. The molecule has 0 amide bonds. The zero-order valence-electron chi connectivity index (χ0n) is 7.90. The summed E-state index contributed by atoms with van der Waals surface area (Å²) in [5, 5.41) is 27.0. The van der Waals surface area contributed by atoms with Gasteiger partial charge in [-0.3, -0.25) is 0 Å². The summed E-state index contributed by atoms with van der Waals surface area (Å²) in [5.74, 6) is 0.446. The lowest BCUT2D eigenvalue weighted by Gasteiger charge is -2.20. The van der Waals surface area contributed by atoms with E-state index < -0.39 is 12.2 Å². The molecule has 3 nitrogen and oxygen atoms in total. The Morgan fingerprint density at radius 2 is 1.50 bits per heavy atom. The van der Waals surface area contributed by atoms with Crippen LogP contribution in [0.2, 0.25) is 0 Å². The average Bonchev–Trinajstić information content (AvgIpc) is 2.12. The second-order valence-corrected chi connectivity index (χ2v) is 3.24. The number of rotatable bonds is 6. The molecule has 0 fully saturated rings. The van der Waals surface area contributed by atoms with Gasteiger partial charge in [0.1, 0.15) is 6.10 Å². The molecule has 3 N–H and O–H groups in total. The Hall–Kier alpha value is -0.120. The smallest absolute Gasteiger partial charge is 0.103 e. The molecule has 0 aromatic heterocycles. The highest BCUT2D eigenvalue weighted by atomic mass is 16.4. The third-order valence-electron chi connectivity index (χ3n) is 2.36. The van der Waals surface area contributed by atoms with Crippen molar-refractivity contribution in [3.05, 3.63) is 0 Å². The predicted molar refractivity (Wildman–Crippen MR) is 47.8 cm³/mol. The fourth-order valence-corrected chi connectivity index (χ4v) is 1.24. The third-order valence-corrected chi connectivity index (χ3v) is 2.36. The fourth-order valence-electron chi connectivity index (χ4n) is 1.24. The summed E-state index contributed by atoms with van der Waals surface area (Å²) in [4.78, 5) is 0. The number of hydrogen-bond donors (Lipinski definition) is 3. The van der Waals surface area contributed by atoms with E-state index in [0.717, 1.165) is 12.8 Å². The minimum absolute atomic E-state index is 0.360. The Morgan fingerprint density at radius 3 is 1.83 bits per heavy atom. The molecule has 0 heterocycles. The topological polar surface area (TPSA) is 60.7 Å². The Morgan fingerprint density at radius 1 is 1.00 bits per heavy atom. The molecule has 0 bridgehead atoms. The van der Waals surface area contributed by atoms with Crippen molar-refractivity contribution in [3.8, 4) is 0 Å². The van der Waals surface area contributed by atoms with Crippen LogP contribution >= 0.6 is 0 Å². The van der Waals surface area contributed by atoms with Gasteiger partial charge in [-0.25, -0.2) is 0 Å². The maximum Gasteiger partial charge on any atom is 0.103 e. The SMILES string of the molecule is CCC(CC)CC(O)C(O)CO. The minimum Gasteiger partial charge on any atom is -0.394 e. The van der Waals surface area contributed by atoms with Gasteiger partial charge in [0.2, 0.25) is 0 Å². The average molecular weight is 176 g/mol. The van der Waals surface area contributed by atoms with Gasteiger partial charge in [0.25, 0.3) is 0 Å². The van der Waals surface area contributed by atoms with Crippen LogP contribution in [0.5, 0.6) is 0 Å². The maximum absolute atomic E-state index is 9.34. The van der Waals surface area contributed by atoms with E-state index in [0.29, 0.717) is 12.3 Å². The first-order valence-electron chi connectivity index (χ1n) is 4.62. The van der Waals surface area contributed by atoms with Gasteiger partial charge in [-0.1, -0.05) is 26.7 Å². The molecule has 0 radical (unpaired) electrons. The first-order valence-corrected chi connectivity index (χ1v) is 4.62. The van der Waals surface area contributed by atoms with Crippen molar-refractivity contribution < 1.29 is 15.3 Å². The third kappa shape index (κ3) is 4.04. The molecule has 0 aliphatic rings. The molecule has 0 saturated carbocycles. The second-order valence-electron chi connectivity index (χ2n) is 3.24. The van der Waals surface area contributed by atoms with Crippen LogP contribution in [0, 0.1) is 5.92 Å². The van der Waals surface area contributed by atoms with Crippen LogP contribution < -0.4 is 0 Å². The van der Waals surface area contributed by atoms with Crippen LogP contribution in [0.1, 0.15) is 33.1 Å². The van der Waals surface area contributed by atoms with Crippen LogP contribution in [-0.4, -0.2) is 34.1 Å². The highest BCUT2D eigenvalue weighted by Gasteiger charge is 2.18. The number of hydrogen-bond acceptors (Lipinski definition) is 3. The molecule has 2 unspecified atom stereocenters. The van der Waals surface area contributed by atoms with Crippen LogP contribution in [0.15, 0.2) is 0 Å². The Balaban J connectivity index is 3.72. The van der Waals surface area contributed by atoms with E-state index in [1.807, 2.05) is 0 Å². The summed E-state index contributed by atoms with van der Waals surface area (Å²) >= 11 is 0. The summed E-state index contributed by atoms with van der Waals surface area (Å²) in [7, 11) is 0. The Labute approximate surface area is 74.0 Å². The van der Waals surface area contributed by atoms with Crippen molar-refractivity contribution in [1.29, 1.82) is 0 Å². The van der Waals surface area contributed by atoms with Gasteiger partial charge in [0.15, 0.2) is 0 Å². The lowest BCUT2D eigenvalue weighted by atomic mass is 9.94. The highest BCUT2D eigenvalue weighted by Crippen LogP contribution is 2.16. The summed E-state index contributed by atoms with van der Waals surface area (Å²) in [6.45, 7) is 3.76. The first-order chi connectivity index (χ1) is 5.65. The normalized spacial score (nSPS) is 16.5. The molecule has 2 atom stereocenters. The highest BCUT2D eigenvalue weighted by molar-refractivity contribution is 4.69. The summed E-state index contributed by atoms with van der Waals surface area (Å²) in [5.41, 5.74) is 0. The van der Waals surface area contributed by atoms with Crippen molar-refractivity contribution >= 4 is 0 Å². The molecule has 0 aliphatic heterocycles. The fraction of sp³-hybridized carbons (Fsp3) is 1.00. The summed E-state index contributed by atoms with van der Waals surface area (Å²) < 4.78 is 0. The first kappa shape index (κ1) is 11.9. The zero-order valence-corrected chi connectivity index (χ0v) is 7.90. The Kier molecular flexibility index (Phi) is 6.34. The van der Waals surface area contributed by atoms with E-state index in [9.17, 15) is 5.11 Å². The van der Waals surface area contributed by atoms with Crippen LogP contribution in [0.25, 0.3) is 0 Å². The molecule has 74 valence electrons. The minimum atomic E-state index is -0.981. The molecule has 0 saturated heterocycles. The largest absolute Gasteiger partial charge is 0.394 e. The number of aliphatic hydroxyl groups excluding tert-OH is 3. The van der Waals surface area contributed by atoms with Crippen molar-refractivity contribution in [3.63, 3.8) is 0 Å². The molecule has 0 aromatic rings. The van der Waals surface area contributed by atoms with E-state index in [1.54, 1.807) is 0 Å². The standard InChI is InChI=1S/C9H20O3/c1-3-7(4-2)5-8(11)9(12)6-10/h7-12H,3-6H2,1-2H3. The second kappa shape index (κ2) is 6.40. The zero-order chi connectivity index (χ0) is 9.56. The van der Waals surface area contributed by atoms with Crippen molar-refractivity contribution in [2.24, 2.45) is 5.92 Å². The molecular formula is C9H20O3. The Bertz CT molecular complexity index is 102. The van der Waals surface area contributed by atoms with Crippen molar-refractivity contribution in [1.82, 2.24) is 0 Å². The van der Waals surface area contributed by atoms with Crippen molar-refractivity contribution in [2.45, 2.75) is 45.3 Å². The van der Waals surface area contributed by atoms with Gasteiger partial charge in [-0.15, -0.1) is 0 Å². The predicted octanol–water partition coefficient (Wildman–Crippen LogP) is 0.527. The van der Waals surface area contributed by atoms with Gasteiger partial charge < -0.3 is 15.3 Å². The molecule has 12 heavy (non-hydrogen) atoms. The quantitative estimate of drug-likeness (QED) is 0.553. The molecular weight excluding hydrogens is 156 g/mol. The van der Waals surface area contributed by atoms with Crippen molar-refractivity contribution in [2.75, 3.05) is 6.61 Å². The monoisotopic (exact) mass is 176 g/mol. The molecule has 0 aliphatic carbocycles. The van der Waals surface area contributed by atoms with Gasteiger partial charge in [-0.2, -0.15) is 0 Å². The van der Waals surface area contributed by atoms with Gasteiger partial charge in [0, 0.05) is 0 Å². The molecule has 0 rings (SSSR count). The van der Waals surface area contributed by atoms with Gasteiger partial charge >= 0.3 is 0 Å². The van der Waals surface area contributed by atoms with Gasteiger partial charge in [-0.05, 0) is 12.3 Å². The van der Waals surface area contributed by atoms with E-state index >= 15 is 0 Å². The molecule has 0 spiro atoms. The van der Waals surface area contributed by atoms with Crippen LogP contribution in [-0.2, 0) is 0 Å². The summed E-state index contributed by atoms with van der Waals surface area (Å²) in [6.07, 6.45) is 0.831. The van der Waals surface area contributed by atoms with Crippen LogP contribution in [0.3, 0.4) is 0 Å². The van der Waals surface area contributed by atoms with E-state index in [-0.39, 0.29) is 6.61 Å². The molecule has 0 aromatic carbocycles. The summed E-state index contributed by atoms with van der Waals surface area (Å²) in [6, 6.07) is 0.